The molecule has 0 bridgehead atoms. The number of fused-ring (bicyclic) bond motifs is 2. The number of aryl methyl sites for hydroxylation is 1. The largest absolute Gasteiger partial charge is 0.490 e. The van der Waals surface area contributed by atoms with Crippen LogP contribution in [0.5, 0.6) is 5.75 Å². The summed E-state index contributed by atoms with van der Waals surface area (Å²) >= 11 is 0. The molecule has 1 saturated heterocycles. The summed E-state index contributed by atoms with van der Waals surface area (Å²) in [5, 5.41) is 12.0. The van der Waals surface area contributed by atoms with E-state index < -0.39 is 0 Å². The van der Waals surface area contributed by atoms with Crippen LogP contribution in [0.2, 0.25) is 0 Å². The number of carbonyl (C=O) groups excluding carboxylic acids is 1. The first-order valence-corrected chi connectivity index (χ1v) is 9.90. The van der Waals surface area contributed by atoms with Gasteiger partial charge in [-0.25, -0.2) is 4.98 Å². The molecule has 1 fully saturated rings. The molecule has 1 amide bonds. The fraction of sp³-hybridized carbons (Fsp3) is 0.364. The van der Waals surface area contributed by atoms with Crippen LogP contribution in [0.25, 0.3) is 0 Å². The molecule has 4 heterocycles. The number of anilines is 1. The van der Waals surface area contributed by atoms with Gasteiger partial charge < -0.3 is 15.0 Å². The maximum absolute atomic E-state index is 11.8. The summed E-state index contributed by atoms with van der Waals surface area (Å²) in [6.45, 7) is 4.80. The number of pyridine rings is 1. The van der Waals surface area contributed by atoms with E-state index in [0.717, 1.165) is 59.9 Å². The number of piperidine rings is 1. The Kier molecular flexibility index (Phi) is 4.20. The van der Waals surface area contributed by atoms with Crippen molar-refractivity contribution in [2.75, 3.05) is 18.0 Å². The topological polar surface area (TPSA) is 90.6 Å². The van der Waals surface area contributed by atoms with Crippen molar-refractivity contribution in [3.63, 3.8) is 0 Å². The molecule has 0 aliphatic carbocycles. The van der Waals surface area contributed by atoms with Gasteiger partial charge in [-0.1, -0.05) is 6.07 Å². The summed E-state index contributed by atoms with van der Waals surface area (Å²) in [6, 6.07) is 10.0. The maximum atomic E-state index is 11.8. The normalized spacial score (nSPS) is 18.0. The van der Waals surface area contributed by atoms with Gasteiger partial charge in [0.15, 0.2) is 0 Å². The highest BCUT2D eigenvalue weighted by Gasteiger charge is 2.27. The first-order chi connectivity index (χ1) is 14.1. The van der Waals surface area contributed by atoms with Gasteiger partial charge in [0.25, 0.3) is 5.91 Å². The number of nitrogens with one attached hydrogen (secondary N) is 1. The van der Waals surface area contributed by atoms with Crippen LogP contribution in [0.15, 0.2) is 29.3 Å². The molecular weight excluding hydrogens is 366 g/mol. The Labute approximate surface area is 169 Å². The number of nitriles is 1. The lowest BCUT2D eigenvalue weighted by atomic mass is 10.0. The fourth-order valence-corrected chi connectivity index (χ4v) is 4.26. The molecular formula is C22H21N5O2. The van der Waals surface area contributed by atoms with Crippen LogP contribution in [0.3, 0.4) is 0 Å². The molecule has 0 spiro atoms. The average molecular weight is 387 g/mol. The van der Waals surface area contributed by atoms with Crippen molar-refractivity contribution in [1.29, 1.82) is 5.26 Å². The Balaban J connectivity index is 1.26. The summed E-state index contributed by atoms with van der Waals surface area (Å²) in [5.41, 5.74) is 5.02. The van der Waals surface area contributed by atoms with Gasteiger partial charge in [0.1, 0.15) is 29.5 Å². The van der Waals surface area contributed by atoms with E-state index in [0.29, 0.717) is 24.4 Å². The Bertz CT molecular complexity index is 1080. The molecule has 2 aromatic rings. The number of amides is 1. The molecule has 0 unspecified atom stereocenters. The van der Waals surface area contributed by atoms with E-state index in [2.05, 4.69) is 21.3 Å². The van der Waals surface area contributed by atoms with E-state index >= 15 is 0 Å². The van der Waals surface area contributed by atoms with Gasteiger partial charge in [0.05, 0.1) is 24.3 Å². The molecule has 146 valence electrons. The third-order valence-corrected chi connectivity index (χ3v) is 5.82. The van der Waals surface area contributed by atoms with Crippen LogP contribution in [0.1, 0.15) is 45.6 Å². The first kappa shape index (κ1) is 17.7. The minimum Gasteiger partial charge on any atom is -0.490 e. The predicted octanol–water partition coefficient (Wildman–Crippen LogP) is 2.51. The molecule has 1 N–H and O–H groups in total. The standard InChI is InChI=1S/C22H21N5O2/c1-13-8-18-20(12-25-22(18)28)26-21(13)27-6-4-15(5-7-27)29-16-3-2-14-11-24-19(10-23)17(14)9-16/h2-3,8-9,15H,4-7,11-12H2,1H3,(H,25,28). The van der Waals surface area contributed by atoms with Crippen molar-refractivity contribution in [3.8, 4) is 11.8 Å². The highest BCUT2D eigenvalue weighted by molar-refractivity contribution is 6.14. The molecule has 3 aliphatic heterocycles. The zero-order chi connectivity index (χ0) is 20.0. The SMILES string of the molecule is Cc1cc2c(nc1N1CCC(Oc3ccc4c(c3)C(C#N)=NC4)CC1)CNC2=O. The van der Waals surface area contributed by atoms with Gasteiger partial charge in [-0.2, -0.15) is 5.26 Å². The van der Waals surface area contributed by atoms with Crippen molar-refractivity contribution in [3.05, 3.63) is 52.2 Å². The number of ether oxygens (including phenoxy) is 1. The minimum absolute atomic E-state index is 0.0341. The van der Waals surface area contributed by atoms with E-state index in [1.54, 1.807) is 0 Å². The first-order valence-electron chi connectivity index (χ1n) is 9.90. The average Bonchev–Trinajstić information content (AvgIpc) is 3.31. The summed E-state index contributed by atoms with van der Waals surface area (Å²) < 4.78 is 6.21. The quantitative estimate of drug-likeness (QED) is 0.874. The second-order valence-corrected chi connectivity index (χ2v) is 7.71. The predicted molar refractivity (Wildman–Crippen MR) is 108 cm³/mol. The Morgan fingerprint density at radius 1 is 1.24 bits per heavy atom. The Morgan fingerprint density at radius 3 is 2.86 bits per heavy atom. The van der Waals surface area contributed by atoms with E-state index in [4.69, 9.17) is 9.72 Å². The second kappa shape index (κ2) is 6.89. The highest BCUT2D eigenvalue weighted by Crippen LogP contribution is 2.29. The fourth-order valence-electron chi connectivity index (χ4n) is 4.26. The highest BCUT2D eigenvalue weighted by atomic mass is 16.5. The molecule has 0 saturated carbocycles. The monoisotopic (exact) mass is 387 g/mol. The van der Waals surface area contributed by atoms with Gasteiger partial charge in [-0.05, 0) is 36.2 Å². The lowest BCUT2D eigenvalue weighted by Gasteiger charge is -2.34. The van der Waals surface area contributed by atoms with E-state index in [-0.39, 0.29) is 12.0 Å². The summed E-state index contributed by atoms with van der Waals surface area (Å²) in [4.78, 5) is 23.1. The smallest absolute Gasteiger partial charge is 0.253 e. The van der Waals surface area contributed by atoms with Crippen LogP contribution < -0.4 is 15.0 Å². The number of aliphatic imine (C=N–C) groups is 1. The van der Waals surface area contributed by atoms with Crippen LogP contribution >= 0.6 is 0 Å². The zero-order valence-electron chi connectivity index (χ0n) is 16.2. The number of hydrogen-bond acceptors (Lipinski definition) is 6. The number of aromatic nitrogens is 1. The van der Waals surface area contributed by atoms with Crippen molar-refractivity contribution in [1.82, 2.24) is 10.3 Å². The van der Waals surface area contributed by atoms with E-state index in [1.165, 1.54) is 0 Å². The zero-order valence-corrected chi connectivity index (χ0v) is 16.2. The van der Waals surface area contributed by atoms with Crippen molar-refractivity contribution >= 4 is 17.4 Å². The van der Waals surface area contributed by atoms with Gasteiger partial charge in [-0.15, -0.1) is 0 Å². The molecule has 7 heteroatoms. The summed E-state index contributed by atoms with van der Waals surface area (Å²) in [6.07, 6.45) is 1.92. The molecule has 7 nitrogen and oxygen atoms in total. The lowest BCUT2D eigenvalue weighted by molar-refractivity contribution is 0.0965. The molecule has 0 radical (unpaired) electrons. The molecule has 1 aromatic carbocycles. The number of carbonyl (C=O) groups is 1. The van der Waals surface area contributed by atoms with Gasteiger partial charge in [0, 0.05) is 31.5 Å². The number of nitrogens with zero attached hydrogens (tertiary/aromatic N) is 4. The molecule has 1 aromatic heterocycles. The van der Waals surface area contributed by atoms with Crippen molar-refractivity contribution < 1.29 is 9.53 Å². The van der Waals surface area contributed by atoms with Crippen molar-refractivity contribution in [2.45, 2.75) is 39.0 Å². The number of rotatable bonds is 3. The van der Waals surface area contributed by atoms with Gasteiger partial charge >= 0.3 is 0 Å². The van der Waals surface area contributed by atoms with E-state index in [9.17, 15) is 10.1 Å². The summed E-state index contributed by atoms with van der Waals surface area (Å²) in [7, 11) is 0. The lowest BCUT2D eigenvalue weighted by Crippen LogP contribution is -2.39. The molecule has 0 atom stereocenters. The van der Waals surface area contributed by atoms with Gasteiger partial charge in [0.2, 0.25) is 0 Å². The van der Waals surface area contributed by atoms with Gasteiger partial charge in [-0.3, -0.25) is 9.79 Å². The van der Waals surface area contributed by atoms with Crippen LogP contribution in [-0.4, -0.2) is 35.8 Å². The Hall–Kier alpha value is -3.40. The maximum Gasteiger partial charge on any atom is 0.253 e. The van der Waals surface area contributed by atoms with Crippen LogP contribution in [-0.2, 0) is 13.1 Å². The molecule has 29 heavy (non-hydrogen) atoms. The number of hydrogen-bond donors (Lipinski definition) is 1. The third kappa shape index (κ3) is 3.11. The third-order valence-electron chi connectivity index (χ3n) is 5.82. The number of benzene rings is 1. The van der Waals surface area contributed by atoms with Crippen LogP contribution in [0, 0.1) is 18.3 Å². The van der Waals surface area contributed by atoms with Crippen LogP contribution in [0.4, 0.5) is 5.82 Å². The molecule has 3 aliphatic rings. The second-order valence-electron chi connectivity index (χ2n) is 7.71. The Morgan fingerprint density at radius 2 is 2.07 bits per heavy atom. The molecule has 5 rings (SSSR count). The summed E-state index contributed by atoms with van der Waals surface area (Å²) in [5.74, 6) is 1.72. The minimum atomic E-state index is -0.0341. The van der Waals surface area contributed by atoms with E-state index in [1.807, 2.05) is 31.2 Å². The van der Waals surface area contributed by atoms with Crippen molar-refractivity contribution in [2.24, 2.45) is 4.99 Å².